The van der Waals surface area contributed by atoms with E-state index in [2.05, 4.69) is 4.98 Å². The summed E-state index contributed by atoms with van der Waals surface area (Å²) in [6.07, 6.45) is 3.20. The molecule has 5 nitrogen and oxygen atoms in total. The highest BCUT2D eigenvalue weighted by Crippen LogP contribution is 2.11. The van der Waals surface area contributed by atoms with Crippen molar-refractivity contribution in [1.29, 1.82) is 0 Å². The first-order valence-electron chi connectivity index (χ1n) is 4.11. The summed E-state index contributed by atoms with van der Waals surface area (Å²) in [7, 11) is 0. The molecule has 0 saturated carbocycles. The van der Waals surface area contributed by atoms with Crippen molar-refractivity contribution in [1.82, 2.24) is 9.55 Å². The third-order valence-corrected chi connectivity index (χ3v) is 1.74. The van der Waals surface area contributed by atoms with Crippen molar-refractivity contribution in [3.05, 3.63) is 12.4 Å². The number of esters is 1. The second-order valence-corrected chi connectivity index (χ2v) is 2.62. The lowest BCUT2D eigenvalue weighted by molar-refractivity contribution is -0.146. The lowest BCUT2D eigenvalue weighted by Gasteiger charge is -2.12. The van der Waals surface area contributed by atoms with Gasteiger partial charge < -0.3 is 15.0 Å². The lowest BCUT2D eigenvalue weighted by atomic mass is 10.3. The molecule has 1 unspecified atom stereocenters. The number of hydrogen-bond donors (Lipinski definition) is 1. The third-order valence-electron chi connectivity index (χ3n) is 1.74. The monoisotopic (exact) mass is 183 g/mol. The molecule has 0 amide bonds. The minimum atomic E-state index is -0.414. The maximum Gasteiger partial charge on any atom is 0.328 e. The van der Waals surface area contributed by atoms with E-state index in [9.17, 15) is 4.79 Å². The lowest BCUT2D eigenvalue weighted by Crippen LogP contribution is -2.19. The van der Waals surface area contributed by atoms with Gasteiger partial charge in [-0.05, 0) is 13.8 Å². The van der Waals surface area contributed by atoms with Gasteiger partial charge in [0, 0.05) is 12.4 Å². The van der Waals surface area contributed by atoms with Gasteiger partial charge in [0.05, 0.1) is 6.61 Å². The minimum absolute atomic E-state index is 0.299. The maximum absolute atomic E-state index is 11.3. The van der Waals surface area contributed by atoms with Crippen LogP contribution in [0.25, 0.3) is 0 Å². The molecule has 2 N–H and O–H groups in total. The van der Waals surface area contributed by atoms with Gasteiger partial charge >= 0.3 is 5.97 Å². The van der Waals surface area contributed by atoms with Gasteiger partial charge in [0.25, 0.3) is 0 Å². The van der Waals surface area contributed by atoms with E-state index >= 15 is 0 Å². The first-order valence-corrected chi connectivity index (χ1v) is 4.11. The predicted octanol–water partition coefficient (Wildman–Crippen LogP) is 0.589. The summed E-state index contributed by atoms with van der Waals surface area (Å²) in [6, 6.07) is -0.414. The summed E-state index contributed by atoms with van der Waals surface area (Å²) in [6.45, 7) is 3.86. The summed E-state index contributed by atoms with van der Waals surface area (Å²) in [5.41, 5.74) is 5.52. The molecule has 1 heterocycles. The molecule has 72 valence electrons. The molecule has 0 bridgehead atoms. The Kier molecular flexibility index (Phi) is 2.89. The van der Waals surface area contributed by atoms with Crippen molar-refractivity contribution in [3.8, 4) is 0 Å². The SMILES string of the molecule is CCOC(=O)C(C)n1ccnc1N. The van der Waals surface area contributed by atoms with E-state index in [-0.39, 0.29) is 5.97 Å². The molecule has 13 heavy (non-hydrogen) atoms. The fourth-order valence-electron chi connectivity index (χ4n) is 1.03. The molecule has 0 spiro atoms. The van der Waals surface area contributed by atoms with Crippen LogP contribution < -0.4 is 5.73 Å². The molecule has 0 aliphatic carbocycles. The van der Waals surface area contributed by atoms with Gasteiger partial charge in [0.15, 0.2) is 0 Å². The molecular weight excluding hydrogens is 170 g/mol. The third kappa shape index (κ3) is 1.99. The summed E-state index contributed by atoms with van der Waals surface area (Å²) >= 11 is 0. The van der Waals surface area contributed by atoms with Gasteiger partial charge in [-0.25, -0.2) is 9.78 Å². The Bertz CT molecular complexity index is 295. The number of carbonyl (C=O) groups excluding carboxylic acids is 1. The van der Waals surface area contributed by atoms with Crippen molar-refractivity contribution >= 4 is 11.9 Å². The highest BCUT2D eigenvalue weighted by Gasteiger charge is 2.17. The number of ether oxygens (including phenoxy) is 1. The van der Waals surface area contributed by atoms with Gasteiger partial charge in [0.1, 0.15) is 6.04 Å². The van der Waals surface area contributed by atoms with Crippen molar-refractivity contribution in [2.75, 3.05) is 12.3 Å². The molecule has 1 aromatic heterocycles. The van der Waals surface area contributed by atoms with Crippen LogP contribution in [0.2, 0.25) is 0 Å². The van der Waals surface area contributed by atoms with Crippen molar-refractivity contribution in [2.24, 2.45) is 0 Å². The van der Waals surface area contributed by atoms with Crippen LogP contribution in [-0.4, -0.2) is 22.1 Å². The molecule has 0 radical (unpaired) electrons. The van der Waals surface area contributed by atoms with E-state index in [1.807, 2.05) is 0 Å². The van der Waals surface area contributed by atoms with Crippen LogP contribution in [0.5, 0.6) is 0 Å². The Balaban J connectivity index is 2.73. The zero-order valence-electron chi connectivity index (χ0n) is 7.73. The zero-order chi connectivity index (χ0) is 9.84. The minimum Gasteiger partial charge on any atom is -0.464 e. The molecule has 5 heteroatoms. The number of nitrogens with zero attached hydrogens (tertiary/aromatic N) is 2. The van der Waals surface area contributed by atoms with Crippen LogP contribution >= 0.6 is 0 Å². The number of imidazole rings is 1. The molecule has 0 fully saturated rings. The fraction of sp³-hybridized carbons (Fsp3) is 0.500. The number of nitrogen functional groups attached to an aromatic ring is 1. The highest BCUT2D eigenvalue weighted by molar-refractivity contribution is 5.74. The van der Waals surface area contributed by atoms with Gasteiger partial charge in [0.2, 0.25) is 5.95 Å². The molecule has 1 rings (SSSR count). The summed E-state index contributed by atoms with van der Waals surface area (Å²) in [5, 5.41) is 0. The zero-order valence-corrected chi connectivity index (χ0v) is 7.73. The number of carbonyl (C=O) groups is 1. The Morgan fingerprint density at radius 1 is 1.85 bits per heavy atom. The molecule has 0 aliphatic heterocycles. The molecular formula is C8H13N3O2. The topological polar surface area (TPSA) is 70.1 Å². The van der Waals surface area contributed by atoms with E-state index in [0.717, 1.165) is 0 Å². The smallest absolute Gasteiger partial charge is 0.328 e. The normalized spacial score (nSPS) is 12.5. The van der Waals surface area contributed by atoms with Crippen LogP contribution in [0.3, 0.4) is 0 Å². The fourth-order valence-corrected chi connectivity index (χ4v) is 1.03. The van der Waals surface area contributed by atoms with Crippen molar-refractivity contribution in [2.45, 2.75) is 19.9 Å². The van der Waals surface area contributed by atoms with Gasteiger partial charge in [-0.15, -0.1) is 0 Å². The molecule has 0 saturated heterocycles. The number of rotatable bonds is 3. The first-order chi connectivity index (χ1) is 6.16. The van der Waals surface area contributed by atoms with Gasteiger partial charge in [-0.2, -0.15) is 0 Å². The van der Waals surface area contributed by atoms with Gasteiger partial charge in [-0.1, -0.05) is 0 Å². The van der Waals surface area contributed by atoms with E-state index in [1.54, 1.807) is 30.8 Å². The average molecular weight is 183 g/mol. The van der Waals surface area contributed by atoms with E-state index in [4.69, 9.17) is 10.5 Å². The first kappa shape index (κ1) is 9.57. The molecule has 1 atom stereocenters. The summed E-state index contributed by atoms with van der Waals surface area (Å²) < 4.78 is 6.41. The van der Waals surface area contributed by atoms with Crippen molar-refractivity contribution < 1.29 is 9.53 Å². The second kappa shape index (κ2) is 3.93. The van der Waals surface area contributed by atoms with Crippen LogP contribution in [0.1, 0.15) is 19.9 Å². The second-order valence-electron chi connectivity index (χ2n) is 2.62. The maximum atomic E-state index is 11.3. The Labute approximate surface area is 76.5 Å². The number of anilines is 1. The Hall–Kier alpha value is -1.52. The Morgan fingerprint density at radius 2 is 2.54 bits per heavy atom. The predicted molar refractivity (Wildman–Crippen MR) is 48.0 cm³/mol. The largest absolute Gasteiger partial charge is 0.464 e. The highest BCUT2D eigenvalue weighted by atomic mass is 16.5. The van der Waals surface area contributed by atoms with Crippen molar-refractivity contribution in [3.63, 3.8) is 0 Å². The number of aromatic nitrogens is 2. The number of hydrogen-bond acceptors (Lipinski definition) is 4. The van der Waals surface area contributed by atoms with Crippen LogP contribution in [0, 0.1) is 0 Å². The standard InChI is InChI=1S/C8H13N3O2/c1-3-13-7(12)6(2)11-5-4-10-8(11)9/h4-6H,3H2,1-2H3,(H2,9,10). The molecule has 1 aromatic rings. The van der Waals surface area contributed by atoms with Crippen LogP contribution in [-0.2, 0) is 9.53 Å². The quantitative estimate of drug-likeness (QED) is 0.696. The average Bonchev–Trinajstić information content (AvgIpc) is 2.50. The van der Waals surface area contributed by atoms with E-state index in [0.29, 0.717) is 12.6 Å². The Morgan fingerprint density at radius 3 is 3.00 bits per heavy atom. The van der Waals surface area contributed by atoms with Gasteiger partial charge in [-0.3, -0.25) is 0 Å². The summed E-state index contributed by atoms with van der Waals surface area (Å²) in [5.74, 6) is 0.0211. The van der Waals surface area contributed by atoms with Crippen LogP contribution in [0.4, 0.5) is 5.95 Å². The van der Waals surface area contributed by atoms with E-state index in [1.165, 1.54) is 0 Å². The van der Waals surface area contributed by atoms with E-state index < -0.39 is 6.04 Å². The summed E-state index contributed by atoms with van der Waals surface area (Å²) in [4.78, 5) is 15.1. The number of nitrogens with two attached hydrogens (primary N) is 1. The molecule has 0 aliphatic rings. The van der Waals surface area contributed by atoms with Crippen LogP contribution in [0.15, 0.2) is 12.4 Å². The molecule has 0 aromatic carbocycles.